The largest absolute Gasteiger partial charge is 0.494 e. The van der Waals surface area contributed by atoms with E-state index >= 15 is 0 Å². The van der Waals surface area contributed by atoms with E-state index in [0.29, 0.717) is 5.56 Å². The number of para-hydroxylation sites is 1. The molecule has 1 amide bonds. The SMILES string of the molecule is CCCCCCOc1cccc(C2Nc3ccccc3C(=O)N2C)c1. The van der Waals surface area contributed by atoms with Crippen molar-refractivity contribution in [2.45, 2.75) is 38.8 Å². The highest BCUT2D eigenvalue weighted by molar-refractivity contribution is 6.01. The monoisotopic (exact) mass is 338 g/mol. The molecule has 0 aliphatic carbocycles. The average Bonchev–Trinajstić information content (AvgIpc) is 2.65. The van der Waals surface area contributed by atoms with Gasteiger partial charge in [-0.05, 0) is 36.2 Å². The van der Waals surface area contributed by atoms with Crippen molar-refractivity contribution in [3.05, 3.63) is 59.7 Å². The molecule has 1 heterocycles. The van der Waals surface area contributed by atoms with Gasteiger partial charge in [0.25, 0.3) is 5.91 Å². The zero-order chi connectivity index (χ0) is 17.6. The van der Waals surface area contributed by atoms with E-state index < -0.39 is 0 Å². The molecule has 3 rings (SSSR count). The van der Waals surface area contributed by atoms with E-state index in [1.165, 1.54) is 19.3 Å². The van der Waals surface area contributed by atoms with Crippen LogP contribution in [0.1, 0.15) is 54.7 Å². The molecule has 1 N–H and O–H groups in total. The third-order valence-electron chi connectivity index (χ3n) is 4.60. The third-order valence-corrected chi connectivity index (χ3v) is 4.60. The Kier molecular flexibility index (Phi) is 5.59. The number of anilines is 1. The maximum Gasteiger partial charge on any atom is 0.257 e. The molecule has 1 aliphatic rings. The number of hydrogen-bond acceptors (Lipinski definition) is 3. The minimum atomic E-state index is -0.189. The number of benzene rings is 2. The Morgan fingerprint density at radius 1 is 1.08 bits per heavy atom. The zero-order valence-electron chi connectivity index (χ0n) is 15.0. The van der Waals surface area contributed by atoms with Crippen LogP contribution >= 0.6 is 0 Å². The molecule has 0 radical (unpaired) electrons. The van der Waals surface area contributed by atoms with Crippen LogP contribution in [0.2, 0.25) is 0 Å². The maximum atomic E-state index is 12.6. The molecular formula is C21H26N2O2. The van der Waals surface area contributed by atoms with Crippen LogP contribution in [0.4, 0.5) is 5.69 Å². The van der Waals surface area contributed by atoms with Crippen LogP contribution in [0.25, 0.3) is 0 Å². The quantitative estimate of drug-likeness (QED) is 0.734. The molecule has 0 aromatic heterocycles. The lowest BCUT2D eigenvalue weighted by atomic mass is 10.0. The number of fused-ring (bicyclic) bond motifs is 1. The third kappa shape index (κ3) is 3.95. The molecule has 0 saturated carbocycles. The van der Waals surface area contributed by atoms with Gasteiger partial charge >= 0.3 is 0 Å². The molecule has 0 spiro atoms. The van der Waals surface area contributed by atoms with Gasteiger partial charge in [0.15, 0.2) is 0 Å². The van der Waals surface area contributed by atoms with Crippen molar-refractivity contribution in [2.75, 3.05) is 19.0 Å². The summed E-state index contributed by atoms with van der Waals surface area (Å²) in [5.74, 6) is 0.890. The Bertz CT molecular complexity index is 729. The summed E-state index contributed by atoms with van der Waals surface area (Å²) >= 11 is 0. The molecule has 25 heavy (non-hydrogen) atoms. The van der Waals surface area contributed by atoms with Crippen LogP contribution in [0.3, 0.4) is 0 Å². The van der Waals surface area contributed by atoms with E-state index in [-0.39, 0.29) is 12.1 Å². The number of hydrogen-bond donors (Lipinski definition) is 1. The van der Waals surface area contributed by atoms with Crippen molar-refractivity contribution in [1.82, 2.24) is 4.90 Å². The summed E-state index contributed by atoms with van der Waals surface area (Å²) in [6.45, 7) is 2.94. The Morgan fingerprint density at radius 2 is 1.92 bits per heavy atom. The molecule has 0 fully saturated rings. The molecule has 1 atom stereocenters. The fraction of sp³-hybridized carbons (Fsp3) is 0.381. The summed E-state index contributed by atoms with van der Waals surface area (Å²) in [6.07, 6.45) is 4.57. The molecule has 0 saturated heterocycles. The fourth-order valence-corrected chi connectivity index (χ4v) is 3.15. The Hall–Kier alpha value is -2.49. The second kappa shape index (κ2) is 8.06. The van der Waals surface area contributed by atoms with Crippen molar-refractivity contribution in [3.63, 3.8) is 0 Å². The van der Waals surface area contributed by atoms with E-state index in [9.17, 15) is 4.79 Å². The summed E-state index contributed by atoms with van der Waals surface area (Å²) in [4.78, 5) is 14.4. The van der Waals surface area contributed by atoms with Gasteiger partial charge in [-0.3, -0.25) is 4.79 Å². The minimum Gasteiger partial charge on any atom is -0.494 e. The van der Waals surface area contributed by atoms with E-state index in [1.807, 2.05) is 55.6 Å². The second-order valence-corrected chi connectivity index (χ2v) is 6.49. The topological polar surface area (TPSA) is 41.6 Å². The predicted octanol–water partition coefficient (Wildman–Crippen LogP) is 4.84. The van der Waals surface area contributed by atoms with E-state index in [1.54, 1.807) is 4.90 Å². The Balaban J connectivity index is 1.71. The molecule has 1 aliphatic heterocycles. The first-order chi connectivity index (χ1) is 12.2. The highest BCUT2D eigenvalue weighted by Crippen LogP contribution is 2.32. The number of unbranched alkanes of at least 4 members (excludes halogenated alkanes) is 3. The van der Waals surface area contributed by atoms with Gasteiger partial charge in [0.05, 0.1) is 12.2 Å². The lowest BCUT2D eigenvalue weighted by molar-refractivity contribution is 0.0735. The Labute approximate surface area is 149 Å². The summed E-state index contributed by atoms with van der Waals surface area (Å²) in [6, 6.07) is 15.6. The van der Waals surface area contributed by atoms with Crippen molar-refractivity contribution in [1.29, 1.82) is 0 Å². The summed E-state index contributed by atoms with van der Waals surface area (Å²) in [7, 11) is 1.83. The summed E-state index contributed by atoms with van der Waals surface area (Å²) < 4.78 is 5.88. The van der Waals surface area contributed by atoms with Gasteiger partial charge in [0.1, 0.15) is 11.9 Å². The van der Waals surface area contributed by atoms with Crippen LogP contribution < -0.4 is 10.1 Å². The van der Waals surface area contributed by atoms with E-state index in [4.69, 9.17) is 4.74 Å². The van der Waals surface area contributed by atoms with Crippen LogP contribution in [0.5, 0.6) is 5.75 Å². The molecule has 4 nitrogen and oxygen atoms in total. The first-order valence-corrected chi connectivity index (χ1v) is 9.06. The van der Waals surface area contributed by atoms with Gasteiger partial charge in [0, 0.05) is 12.7 Å². The molecular weight excluding hydrogens is 312 g/mol. The molecule has 0 bridgehead atoms. The molecule has 2 aromatic rings. The lowest BCUT2D eigenvalue weighted by Gasteiger charge is -2.35. The van der Waals surface area contributed by atoms with Crippen LogP contribution in [-0.4, -0.2) is 24.5 Å². The van der Waals surface area contributed by atoms with Crippen molar-refractivity contribution >= 4 is 11.6 Å². The van der Waals surface area contributed by atoms with E-state index in [2.05, 4.69) is 12.2 Å². The molecule has 1 unspecified atom stereocenters. The van der Waals surface area contributed by atoms with Gasteiger partial charge in [-0.25, -0.2) is 0 Å². The number of nitrogens with one attached hydrogen (secondary N) is 1. The first kappa shape index (κ1) is 17.3. The number of ether oxygens (including phenoxy) is 1. The highest BCUT2D eigenvalue weighted by Gasteiger charge is 2.29. The number of rotatable bonds is 7. The van der Waals surface area contributed by atoms with Crippen molar-refractivity contribution < 1.29 is 9.53 Å². The van der Waals surface area contributed by atoms with Crippen LogP contribution in [0.15, 0.2) is 48.5 Å². The van der Waals surface area contributed by atoms with Crippen LogP contribution in [-0.2, 0) is 0 Å². The summed E-state index contributed by atoms with van der Waals surface area (Å²) in [5.41, 5.74) is 2.61. The molecule has 132 valence electrons. The number of carbonyl (C=O) groups excluding carboxylic acids is 1. The number of carbonyl (C=O) groups is 1. The highest BCUT2D eigenvalue weighted by atomic mass is 16.5. The van der Waals surface area contributed by atoms with Crippen molar-refractivity contribution in [3.8, 4) is 5.75 Å². The standard InChI is InChI=1S/C21H26N2O2/c1-3-4-5-8-14-25-17-11-9-10-16(15-17)20-22-19-13-7-6-12-18(19)21(24)23(20)2/h6-7,9-13,15,20,22H,3-5,8,14H2,1-2H3. The smallest absolute Gasteiger partial charge is 0.257 e. The second-order valence-electron chi connectivity index (χ2n) is 6.49. The summed E-state index contributed by atoms with van der Waals surface area (Å²) in [5, 5.41) is 3.45. The van der Waals surface area contributed by atoms with Gasteiger partial charge in [-0.2, -0.15) is 0 Å². The first-order valence-electron chi connectivity index (χ1n) is 9.06. The normalized spacial score (nSPS) is 16.3. The number of amides is 1. The maximum absolute atomic E-state index is 12.6. The fourth-order valence-electron chi connectivity index (χ4n) is 3.15. The number of nitrogens with zero attached hydrogens (tertiary/aromatic N) is 1. The minimum absolute atomic E-state index is 0.0326. The van der Waals surface area contributed by atoms with Gasteiger partial charge in [-0.15, -0.1) is 0 Å². The van der Waals surface area contributed by atoms with Gasteiger partial charge in [0.2, 0.25) is 0 Å². The van der Waals surface area contributed by atoms with Crippen LogP contribution in [0, 0.1) is 0 Å². The zero-order valence-corrected chi connectivity index (χ0v) is 15.0. The van der Waals surface area contributed by atoms with Gasteiger partial charge in [-0.1, -0.05) is 50.5 Å². The molecule has 2 aromatic carbocycles. The van der Waals surface area contributed by atoms with E-state index in [0.717, 1.165) is 30.0 Å². The van der Waals surface area contributed by atoms with Crippen molar-refractivity contribution in [2.24, 2.45) is 0 Å². The lowest BCUT2D eigenvalue weighted by Crippen LogP contribution is -2.40. The molecule has 4 heteroatoms. The predicted molar refractivity (Wildman–Crippen MR) is 101 cm³/mol. The average molecular weight is 338 g/mol. The Morgan fingerprint density at radius 3 is 2.76 bits per heavy atom. The van der Waals surface area contributed by atoms with Gasteiger partial charge < -0.3 is 15.0 Å².